The topological polar surface area (TPSA) is 92.0 Å². The number of H-pyrrole nitrogens is 1. The van der Waals surface area contributed by atoms with Crippen molar-refractivity contribution in [3.8, 4) is 0 Å². The fraction of sp³-hybridized carbons (Fsp3) is 0.500. The van der Waals surface area contributed by atoms with Crippen LogP contribution in [0.1, 0.15) is 16.4 Å². The molecule has 0 aromatic carbocycles. The molecule has 6 nitrogen and oxygen atoms in total. The smallest absolute Gasteiger partial charge is 0.188 e. The first-order valence-electron chi connectivity index (χ1n) is 7.32. The molecule has 23 heavy (non-hydrogen) atoms. The quantitative estimate of drug-likeness (QED) is 0.337. The van der Waals surface area contributed by atoms with E-state index in [0.29, 0.717) is 5.96 Å². The first-order valence-corrected chi connectivity index (χ1v) is 10.5. The molecule has 0 saturated carbocycles. The highest BCUT2D eigenvalue weighted by atomic mass is 32.2. The molecular formula is C14H22N6S3. The molecule has 2 aromatic rings. The van der Waals surface area contributed by atoms with Crippen molar-refractivity contribution >= 4 is 40.8 Å². The van der Waals surface area contributed by atoms with Gasteiger partial charge in [-0.05, 0) is 6.92 Å². The molecule has 0 aliphatic rings. The van der Waals surface area contributed by atoms with Crippen LogP contribution in [0.15, 0.2) is 22.9 Å². The summed E-state index contributed by atoms with van der Waals surface area (Å²) in [5, 5.41) is 6.30. The number of nitrogens with zero attached hydrogens (tertiary/aromatic N) is 3. The van der Waals surface area contributed by atoms with E-state index in [4.69, 9.17) is 5.73 Å². The van der Waals surface area contributed by atoms with E-state index < -0.39 is 0 Å². The third kappa shape index (κ3) is 7.28. The van der Waals surface area contributed by atoms with E-state index in [2.05, 4.69) is 25.3 Å². The van der Waals surface area contributed by atoms with Crippen LogP contribution in [0.25, 0.3) is 0 Å². The zero-order valence-electron chi connectivity index (χ0n) is 13.1. The van der Waals surface area contributed by atoms with Gasteiger partial charge in [-0.15, -0.1) is 11.3 Å². The monoisotopic (exact) mass is 370 g/mol. The standard InChI is InChI=1S/C14H22N6S3/c1-11-12(20-10-19-11)8-21-5-2-17-14(15)18-3-6-22-9-13-16-4-7-23-13/h4,7,10H,2-3,5-6,8-9H2,1H3,(H,19,20)(H3,15,17,18). The lowest BCUT2D eigenvalue weighted by atomic mass is 10.4. The van der Waals surface area contributed by atoms with Crippen molar-refractivity contribution in [2.75, 3.05) is 24.6 Å². The van der Waals surface area contributed by atoms with Crippen LogP contribution in [0.2, 0.25) is 0 Å². The van der Waals surface area contributed by atoms with Crippen LogP contribution in [0.4, 0.5) is 0 Å². The van der Waals surface area contributed by atoms with Crippen molar-refractivity contribution in [2.45, 2.75) is 18.4 Å². The number of imidazole rings is 1. The maximum Gasteiger partial charge on any atom is 0.188 e. The Morgan fingerprint density at radius 1 is 1.35 bits per heavy atom. The third-order valence-corrected chi connectivity index (χ3v) is 5.83. The Bertz CT molecular complexity index is 581. The average Bonchev–Trinajstić information content (AvgIpc) is 3.19. The highest BCUT2D eigenvalue weighted by molar-refractivity contribution is 7.98. The molecule has 0 unspecified atom stereocenters. The lowest BCUT2D eigenvalue weighted by Crippen LogP contribution is -2.33. The van der Waals surface area contributed by atoms with Crippen LogP contribution >= 0.6 is 34.9 Å². The second-order valence-corrected chi connectivity index (χ2v) is 7.89. The van der Waals surface area contributed by atoms with Crippen molar-refractivity contribution in [2.24, 2.45) is 10.7 Å². The van der Waals surface area contributed by atoms with E-state index in [1.54, 1.807) is 17.7 Å². The molecule has 0 bridgehead atoms. The highest BCUT2D eigenvalue weighted by Crippen LogP contribution is 2.13. The van der Waals surface area contributed by atoms with Gasteiger partial charge in [0.25, 0.3) is 0 Å². The maximum atomic E-state index is 5.84. The van der Waals surface area contributed by atoms with E-state index >= 15 is 0 Å². The van der Waals surface area contributed by atoms with Gasteiger partial charge in [0.15, 0.2) is 5.96 Å². The molecule has 4 N–H and O–H groups in total. The molecule has 0 aliphatic carbocycles. The lowest BCUT2D eigenvalue weighted by molar-refractivity contribution is 0.944. The SMILES string of the molecule is Cc1[nH]cnc1CSCCNC(N)=NCCSCc1nccs1. The normalized spacial score (nSPS) is 11.8. The van der Waals surface area contributed by atoms with Crippen LogP contribution < -0.4 is 11.1 Å². The largest absolute Gasteiger partial charge is 0.370 e. The average molecular weight is 371 g/mol. The van der Waals surface area contributed by atoms with E-state index in [0.717, 1.165) is 52.5 Å². The predicted molar refractivity (Wildman–Crippen MR) is 102 cm³/mol. The number of rotatable bonds is 10. The Labute approximate surface area is 149 Å². The number of hydrogen-bond acceptors (Lipinski definition) is 6. The van der Waals surface area contributed by atoms with E-state index in [-0.39, 0.29) is 0 Å². The summed E-state index contributed by atoms with van der Waals surface area (Å²) in [6, 6.07) is 0. The molecule has 2 aromatic heterocycles. The Morgan fingerprint density at radius 2 is 2.22 bits per heavy atom. The van der Waals surface area contributed by atoms with Gasteiger partial charge in [-0.25, -0.2) is 9.97 Å². The number of aliphatic imine (C=N–C) groups is 1. The van der Waals surface area contributed by atoms with Gasteiger partial charge in [0, 0.05) is 46.8 Å². The van der Waals surface area contributed by atoms with Crippen LogP contribution in [0.3, 0.4) is 0 Å². The summed E-state index contributed by atoms with van der Waals surface area (Å²) in [4.78, 5) is 15.9. The molecule has 2 rings (SSSR count). The maximum absolute atomic E-state index is 5.84. The van der Waals surface area contributed by atoms with Gasteiger partial charge in [0.2, 0.25) is 0 Å². The zero-order chi connectivity index (χ0) is 16.3. The molecule has 0 fully saturated rings. The number of aryl methyl sites for hydroxylation is 1. The molecule has 0 saturated heterocycles. The molecule has 0 aliphatic heterocycles. The molecule has 126 valence electrons. The molecule has 9 heteroatoms. The lowest BCUT2D eigenvalue weighted by Gasteiger charge is -2.05. The van der Waals surface area contributed by atoms with Crippen molar-refractivity contribution in [3.63, 3.8) is 0 Å². The second-order valence-electron chi connectivity index (χ2n) is 4.70. The predicted octanol–water partition coefficient (Wildman–Crippen LogP) is 2.25. The molecule has 0 radical (unpaired) electrons. The minimum atomic E-state index is 0.524. The Kier molecular flexibility index (Phi) is 8.33. The summed E-state index contributed by atoms with van der Waals surface area (Å²) in [6.07, 6.45) is 3.58. The number of aromatic amines is 1. The van der Waals surface area contributed by atoms with Crippen molar-refractivity contribution in [1.82, 2.24) is 20.3 Å². The molecular weight excluding hydrogens is 348 g/mol. The van der Waals surface area contributed by atoms with E-state index in [9.17, 15) is 0 Å². The number of thioether (sulfide) groups is 2. The number of thiazole rings is 1. The third-order valence-electron chi connectivity index (χ3n) is 2.95. The van der Waals surface area contributed by atoms with Crippen LogP contribution in [0, 0.1) is 6.92 Å². The summed E-state index contributed by atoms with van der Waals surface area (Å²) in [5.41, 5.74) is 8.10. The first-order chi connectivity index (χ1) is 11.3. The molecule has 0 amide bonds. The summed E-state index contributed by atoms with van der Waals surface area (Å²) < 4.78 is 0. The van der Waals surface area contributed by atoms with Gasteiger partial charge in [0.1, 0.15) is 5.01 Å². The van der Waals surface area contributed by atoms with E-state index in [1.165, 1.54) is 0 Å². The molecule has 0 spiro atoms. The number of nitrogens with one attached hydrogen (secondary N) is 2. The van der Waals surface area contributed by atoms with Gasteiger partial charge in [-0.3, -0.25) is 4.99 Å². The summed E-state index contributed by atoms with van der Waals surface area (Å²) in [6.45, 7) is 3.59. The molecule has 0 atom stereocenters. The van der Waals surface area contributed by atoms with E-state index in [1.807, 2.05) is 42.0 Å². The second kappa shape index (κ2) is 10.6. The summed E-state index contributed by atoms with van der Waals surface area (Å²) >= 11 is 5.35. The zero-order valence-corrected chi connectivity index (χ0v) is 15.6. The Hall–Kier alpha value is -1.19. The summed E-state index contributed by atoms with van der Waals surface area (Å²) in [7, 11) is 0. The van der Waals surface area contributed by atoms with Crippen molar-refractivity contribution in [1.29, 1.82) is 0 Å². The van der Waals surface area contributed by atoms with Gasteiger partial charge >= 0.3 is 0 Å². The molecule has 2 heterocycles. The van der Waals surface area contributed by atoms with Crippen molar-refractivity contribution in [3.05, 3.63) is 34.3 Å². The number of nitrogens with two attached hydrogens (primary N) is 1. The van der Waals surface area contributed by atoms with Crippen LogP contribution in [0.5, 0.6) is 0 Å². The first kappa shape index (κ1) is 18.2. The van der Waals surface area contributed by atoms with Gasteiger partial charge < -0.3 is 16.0 Å². The van der Waals surface area contributed by atoms with Gasteiger partial charge in [-0.1, -0.05) is 0 Å². The fourth-order valence-corrected chi connectivity index (χ4v) is 4.13. The summed E-state index contributed by atoms with van der Waals surface area (Å²) in [5.74, 6) is 4.32. The van der Waals surface area contributed by atoms with Crippen LogP contribution in [-0.2, 0) is 11.5 Å². The van der Waals surface area contributed by atoms with Gasteiger partial charge in [-0.2, -0.15) is 23.5 Å². The van der Waals surface area contributed by atoms with Gasteiger partial charge in [0.05, 0.1) is 18.6 Å². The minimum Gasteiger partial charge on any atom is -0.370 e. The fourth-order valence-electron chi connectivity index (χ4n) is 1.72. The number of hydrogen-bond donors (Lipinski definition) is 3. The Balaban J connectivity index is 1.47. The van der Waals surface area contributed by atoms with Crippen LogP contribution in [-0.4, -0.2) is 45.5 Å². The number of aromatic nitrogens is 3. The minimum absolute atomic E-state index is 0.524. The Morgan fingerprint density at radius 3 is 2.96 bits per heavy atom. The highest BCUT2D eigenvalue weighted by Gasteiger charge is 2.00. The van der Waals surface area contributed by atoms with Crippen molar-refractivity contribution < 1.29 is 0 Å². The number of guanidine groups is 1.